The van der Waals surface area contributed by atoms with Gasteiger partial charge in [0.2, 0.25) is 0 Å². The van der Waals surface area contributed by atoms with Crippen LogP contribution >= 0.6 is 11.6 Å². The number of rotatable bonds is 2. The van der Waals surface area contributed by atoms with Crippen molar-refractivity contribution in [3.63, 3.8) is 0 Å². The number of hydrogen-bond donors (Lipinski definition) is 0. The van der Waals surface area contributed by atoms with Crippen LogP contribution in [-0.4, -0.2) is 19.5 Å². The molecule has 2 rings (SSSR count). The van der Waals surface area contributed by atoms with E-state index in [0.29, 0.717) is 16.3 Å². The smallest absolute Gasteiger partial charge is 0.182 e. The van der Waals surface area contributed by atoms with Gasteiger partial charge in [0, 0.05) is 11.4 Å². The molecule has 86 valence electrons. The van der Waals surface area contributed by atoms with Gasteiger partial charge < -0.3 is 0 Å². The van der Waals surface area contributed by atoms with E-state index in [1.54, 1.807) is 12.1 Å². The van der Waals surface area contributed by atoms with Gasteiger partial charge in [-0.3, -0.25) is 4.79 Å². The van der Waals surface area contributed by atoms with Gasteiger partial charge in [-0.1, -0.05) is 11.6 Å². The zero-order chi connectivity index (χ0) is 11.9. The predicted octanol–water partition coefficient (Wildman–Crippen LogP) is 2.02. The lowest BCUT2D eigenvalue weighted by molar-refractivity contribution is -0.117. The molecule has 0 bridgehead atoms. The minimum atomic E-state index is -3.34. The van der Waals surface area contributed by atoms with E-state index in [0.717, 1.165) is 5.56 Å². The van der Waals surface area contributed by atoms with Crippen molar-refractivity contribution in [1.29, 1.82) is 0 Å². The van der Waals surface area contributed by atoms with Crippen LogP contribution in [0.1, 0.15) is 18.9 Å². The fourth-order valence-electron chi connectivity index (χ4n) is 2.02. The quantitative estimate of drug-likeness (QED) is 0.816. The SMILES string of the molecule is CC(=O)CC1Cc2cc(Cl)ccc2S1(=O)=O. The van der Waals surface area contributed by atoms with Crippen molar-refractivity contribution in [1.82, 2.24) is 0 Å². The molecule has 0 aromatic heterocycles. The standard InChI is InChI=1S/C11H11ClO3S/c1-7(13)4-10-6-8-5-9(12)2-3-11(8)16(10,14)15/h2-3,5,10H,4,6H2,1H3. The molecule has 0 saturated heterocycles. The second kappa shape index (κ2) is 3.86. The van der Waals surface area contributed by atoms with Crippen LogP contribution in [0.25, 0.3) is 0 Å². The minimum absolute atomic E-state index is 0.0780. The van der Waals surface area contributed by atoms with Gasteiger partial charge in [-0.2, -0.15) is 0 Å². The fraction of sp³-hybridized carbons (Fsp3) is 0.364. The van der Waals surface area contributed by atoms with Crippen LogP contribution in [0.5, 0.6) is 0 Å². The molecular formula is C11H11ClO3S. The second-order valence-corrected chi connectivity index (χ2v) is 6.66. The highest BCUT2D eigenvalue weighted by atomic mass is 35.5. The predicted molar refractivity (Wildman–Crippen MR) is 61.4 cm³/mol. The molecule has 1 aliphatic heterocycles. The van der Waals surface area contributed by atoms with Crippen LogP contribution in [-0.2, 0) is 21.1 Å². The lowest BCUT2D eigenvalue weighted by Gasteiger charge is -2.05. The van der Waals surface area contributed by atoms with Crippen LogP contribution in [0.2, 0.25) is 5.02 Å². The van der Waals surface area contributed by atoms with Crippen LogP contribution in [0, 0.1) is 0 Å². The Bertz CT molecular complexity index is 548. The molecule has 1 atom stereocenters. The first-order valence-corrected chi connectivity index (χ1v) is 6.85. The van der Waals surface area contributed by atoms with Crippen molar-refractivity contribution >= 4 is 27.2 Å². The summed E-state index contributed by atoms with van der Waals surface area (Å²) in [6.07, 6.45) is 0.465. The number of benzene rings is 1. The van der Waals surface area contributed by atoms with Crippen LogP contribution < -0.4 is 0 Å². The van der Waals surface area contributed by atoms with E-state index in [1.165, 1.54) is 13.0 Å². The molecule has 0 aliphatic carbocycles. The summed E-state index contributed by atoms with van der Waals surface area (Å²) < 4.78 is 24.1. The number of hydrogen-bond acceptors (Lipinski definition) is 3. The largest absolute Gasteiger partial charge is 0.300 e. The summed E-state index contributed by atoms with van der Waals surface area (Å²) in [5, 5.41) is -0.0871. The number of carbonyl (C=O) groups excluding carboxylic acids is 1. The first-order chi connectivity index (χ1) is 7.41. The van der Waals surface area contributed by atoms with Crippen molar-refractivity contribution in [2.45, 2.75) is 29.9 Å². The first-order valence-electron chi connectivity index (χ1n) is 4.93. The van der Waals surface area contributed by atoms with E-state index < -0.39 is 15.1 Å². The summed E-state index contributed by atoms with van der Waals surface area (Å²) in [5.74, 6) is -0.104. The van der Waals surface area contributed by atoms with Gasteiger partial charge in [0.1, 0.15) is 5.78 Å². The number of Topliss-reactive ketones (excluding diaryl/α,β-unsaturated/α-hetero) is 1. The van der Waals surface area contributed by atoms with E-state index in [-0.39, 0.29) is 12.2 Å². The first kappa shape index (κ1) is 11.6. The number of ketones is 1. The third-order valence-corrected chi connectivity index (χ3v) is 5.19. The Morgan fingerprint density at radius 3 is 2.81 bits per heavy atom. The van der Waals surface area contributed by atoms with E-state index in [2.05, 4.69) is 0 Å². The highest BCUT2D eigenvalue weighted by molar-refractivity contribution is 7.92. The topological polar surface area (TPSA) is 51.2 Å². The summed E-state index contributed by atoms with van der Waals surface area (Å²) in [5.41, 5.74) is 0.721. The summed E-state index contributed by atoms with van der Waals surface area (Å²) in [7, 11) is -3.34. The molecule has 0 N–H and O–H groups in total. The van der Waals surface area contributed by atoms with Gasteiger partial charge in [0.05, 0.1) is 10.1 Å². The summed E-state index contributed by atoms with van der Waals surface area (Å²) in [6, 6.07) is 4.75. The second-order valence-electron chi connectivity index (χ2n) is 4.03. The van der Waals surface area contributed by atoms with E-state index in [4.69, 9.17) is 11.6 Å². The Kier molecular flexibility index (Phi) is 2.80. The molecule has 5 heteroatoms. The van der Waals surface area contributed by atoms with Gasteiger partial charge >= 0.3 is 0 Å². The van der Waals surface area contributed by atoms with E-state index >= 15 is 0 Å². The zero-order valence-electron chi connectivity index (χ0n) is 8.73. The average Bonchev–Trinajstić information content (AvgIpc) is 2.37. The molecule has 0 spiro atoms. The molecule has 0 fully saturated rings. The Labute approximate surface area is 99.3 Å². The van der Waals surface area contributed by atoms with E-state index in [9.17, 15) is 13.2 Å². The molecule has 1 aromatic rings. The maximum Gasteiger partial charge on any atom is 0.182 e. The number of halogens is 1. The minimum Gasteiger partial charge on any atom is -0.300 e. The molecule has 0 saturated carbocycles. The number of sulfone groups is 1. The van der Waals surface area contributed by atoms with Crippen molar-refractivity contribution in [3.05, 3.63) is 28.8 Å². The van der Waals surface area contributed by atoms with Crippen molar-refractivity contribution in [3.8, 4) is 0 Å². The summed E-state index contributed by atoms with van der Waals surface area (Å²) in [4.78, 5) is 11.3. The third kappa shape index (κ3) is 1.87. The number of carbonyl (C=O) groups is 1. The van der Waals surface area contributed by atoms with Gasteiger partial charge in [-0.25, -0.2) is 8.42 Å². The molecule has 16 heavy (non-hydrogen) atoms. The average molecular weight is 259 g/mol. The normalized spacial score (nSPS) is 21.8. The molecular weight excluding hydrogens is 248 g/mol. The van der Waals surface area contributed by atoms with Gasteiger partial charge in [-0.05, 0) is 37.1 Å². The molecule has 1 unspecified atom stereocenters. The molecule has 1 aromatic carbocycles. The zero-order valence-corrected chi connectivity index (χ0v) is 10.3. The summed E-state index contributed by atoms with van der Waals surface area (Å²) in [6.45, 7) is 1.41. The van der Waals surface area contributed by atoms with Crippen molar-refractivity contribution < 1.29 is 13.2 Å². The van der Waals surface area contributed by atoms with Crippen molar-refractivity contribution in [2.75, 3.05) is 0 Å². The maximum atomic E-state index is 12.0. The molecule has 1 heterocycles. The molecule has 1 aliphatic rings. The van der Waals surface area contributed by atoms with E-state index in [1.807, 2.05) is 0 Å². The van der Waals surface area contributed by atoms with Crippen LogP contribution in [0.15, 0.2) is 23.1 Å². The Balaban J connectivity index is 2.45. The molecule has 0 radical (unpaired) electrons. The molecule has 3 nitrogen and oxygen atoms in total. The Morgan fingerprint density at radius 2 is 2.19 bits per heavy atom. The van der Waals surface area contributed by atoms with Crippen LogP contribution in [0.3, 0.4) is 0 Å². The summed E-state index contributed by atoms with van der Waals surface area (Å²) >= 11 is 5.81. The van der Waals surface area contributed by atoms with Gasteiger partial charge in [0.25, 0.3) is 0 Å². The lowest BCUT2D eigenvalue weighted by Crippen LogP contribution is -2.19. The monoisotopic (exact) mass is 258 g/mol. The maximum absolute atomic E-state index is 12.0. The van der Waals surface area contributed by atoms with Gasteiger partial charge in [-0.15, -0.1) is 0 Å². The Morgan fingerprint density at radius 1 is 1.50 bits per heavy atom. The van der Waals surface area contributed by atoms with Crippen LogP contribution in [0.4, 0.5) is 0 Å². The number of fused-ring (bicyclic) bond motifs is 1. The highest BCUT2D eigenvalue weighted by Gasteiger charge is 2.37. The highest BCUT2D eigenvalue weighted by Crippen LogP contribution is 2.34. The molecule has 0 amide bonds. The van der Waals surface area contributed by atoms with Gasteiger partial charge in [0.15, 0.2) is 9.84 Å². The fourth-order valence-corrected chi connectivity index (χ4v) is 4.19. The lowest BCUT2D eigenvalue weighted by atomic mass is 10.1. The Hall–Kier alpha value is -0.870. The third-order valence-electron chi connectivity index (χ3n) is 2.73. The van der Waals surface area contributed by atoms with Crippen molar-refractivity contribution in [2.24, 2.45) is 0 Å².